The van der Waals surface area contributed by atoms with E-state index in [1.54, 1.807) is 6.07 Å². The summed E-state index contributed by atoms with van der Waals surface area (Å²) in [5.74, 6) is -1.16. The number of carbonyl (C=O) groups is 1. The van der Waals surface area contributed by atoms with E-state index in [0.29, 0.717) is 0 Å². The first kappa shape index (κ1) is 9.99. The quantitative estimate of drug-likeness (QED) is 0.763. The standard InChI is InChI=1S/C9H7FN2O2/c10-8-3-7(14-5-9(12)13)2-1-6(8)4-11/h1-3H,5H2,(H2,12,13). The van der Waals surface area contributed by atoms with Gasteiger partial charge in [0.15, 0.2) is 6.61 Å². The number of rotatable bonds is 3. The number of nitrogens with zero attached hydrogens (tertiary/aromatic N) is 1. The molecule has 0 bridgehead atoms. The van der Waals surface area contributed by atoms with Gasteiger partial charge in [-0.3, -0.25) is 4.79 Å². The van der Waals surface area contributed by atoms with E-state index in [4.69, 9.17) is 15.7 Å². The van der Waals surface area contributed by atoms with Crippen LogP contribution in [0.15, 0.2) is 18.2 Å². The molecule has 72 valence electrons. The number of hydrogen-bond acceptors (Lipinski definition) is 3. The van der Waals surface area contributed by atoms with Crippen LogP contribution >= 0.6 is 0 Å². The van der Waals surface area contributed by atoms with Gasteiger partial charge in [-0.2, -0.15) is 5.26 Å². The highest BCUT2D eigenvalue weighted by molar-refractivity contribution is 5.75. The second kappa shape index (κ2) is 4.23. The first-order chi connectivity index (χ1) is 6.63. The lowest BCUT2D eigenvalue weighted by atomic mass is 10.2. The molecule has 1 amide bonds. The molecular formula is C9H7FN2O2. The van der Waals surface area contributed by atoms with Crippen LogP contribution in [-0.2, 0) is 4.79 Å². The van der Waals surface area contributed by atoms with Crippen molar-refractivity contribution in [1.29, 1.82) is 5.26 Å². The molecule has 0 heterocycles. The molecule has 0 atom stereocenters. The van der Waals surface area contributed by atoms with Gasteiger partial charge in [-0.05, 0) is 12.1 Å². The zero-order chi connectivity index (χ0) is 10.6. The van der Waals surface area contributed by atoms with Crippen LogP contribution in [0, 0.1) is 17.1 Å². The smallest absolute Gasteiger partial charge is 0.255 e. The Hall–Kier alpha value is -2.09. The second-order valence-electron chi connectivity index (χ2n) is 2.51. The highest BCUT2D eigenvalue weighted by Crippen LogP contribution is 2.15. The molecule has 1 aromatic carbocycles. The average Bonchev–Trinajstić information content (AvgIpc) is 2.15. The van der Waals surface area contributed by atoms with Crippen LogP contribution in [-0.4, -0.2) is 12.5 Å². The van der Waals surface area contributed by atoms with Crippen LogP contribution in [0.1, 0.15) is 5.56 Å². The SMILES string of the molecule is N#Cc1ccc(OCC(N)=O)cc1F. The fraction of sp³-hybridized carbons (Fsp3) is 0.111. The molecule has 0 radical (unpaired) electrons. The number of nitriles is 1. The summed E-state index contributed by atoms with van der Waals surface area (Å²) in [5, 5.41) is 8.42. The Labute approximate surface area is 79.7 Å². The van der Waals surface area contributed by atoms with E-state index >= 15 is 0 Å². The maximum Gasteiger partial charge on any atom is 0.255 e. The molecule has 2 N–H and O–H groups in total. The number of primary amides is 1. The normalized spacial score (nSPS) is 9.14. The number of benzene rings is 1. The van der Waals surface area contributed by atoms with Gasteiger partial charge in [0.1, 0.15) is 17.6 Å². The third-order valence-corrected chi connectivity index (χ3v) is 1.44. The van der Waals surface area contributed by atoms with Crippen LogP contribution in [0.25, 0.3) is 0 Å². The van der Waals surface area contributed by atoms with Gasteiger partial charge in [0.2, 0.25) is 0 Å². The highest BCUT2D eigenvalue weighted by Gasteiger charge is 2.03. The highest BCUT2D eigenvalue weighted by atomic mass is 19.1. The number of halogens is 1. The molecule has 14 heavy (non-hydrogen) atoms. The molecule has 0 aliphatic carbocycles. The van der Waals surface area contributed by atoms with E-state index in [0.717, 1.165) is 6.07 Å². The molecule has 0 spiro atoms. The molecule has 0 unspecified atom stereocenters. The van der Waals surface area contributed by atoms with Crippen molar-refractivity contribution in [2.24, 2.45) is 5.73 Å². The van der Waals surface area contributed by atoms with Crippen molar-refractivity contribution in [3.05, 3.63) is 29.6 Å². The maximum absolute atomic E-state index is 13.0. The summed E-state index contributed by atoms with van der Waals surface area (Å²) in [5.41, 5.74) is 4.75. The number of nitrogens with two attached hydrogens (primary N) is 1. The van der Waals surface area contributed by atoms with Crippen molar-refractivity contribution in [3.63, 3.8) is 0 Å². The number of amides is 1. The van der Waals surface area contributed by atoms with Gasteiger partial charge in [0.05, 0.1) is 5.56 Å². The molecular weight excluding hydrogens is 187 g/mol. The van der Waals surface area contributed by atoms with Crippen molar-refractivity contribution in [2.75, 3.05) is 6.61 Å². The van der Waals surface area contributed by atoms with Crippen LogP contribution in [0.2, 0.25) is 0 Å². The minimum absolute atomic E-state index is 0.0728. The molecule has 0 saturated heterocycles. The van der Waals surface area contributed by atoms with Gasteiger partial charge in [0, 0.05) is 6.07 Å². The predicted octanol–water partition coefficient (Wildman–Crippen LogP) is 0.561. The summed E-state index contributed by atoms with van der Waals surface area (Å²) in [7, 11) is 0. The summed E-state index contributed by atoms with van der Waals surface area (Å²) in [6.45, 7) is -0.314. The molecule has 0 aliphatic heterocycles. The first-order valence-corrected chi connectivity index (χ1v) is 3.74. The van der Waals surface area contributed by atoms with Gasteiger partial charge in [-0.1, -0.05) is 0 Å². The topological polar surface area (TPSA) is 76.1 Å². The van der Waals surface area contributed by atoms with Crippen LogP contribution in [0.4, 0.5) is 4.39 Å². The minimum atomic E-state index is -0.686. The first-order valence-electron chi connectivity index (χ1n) is 3.74. The summed E-state index contributed by atoms with van der Waals surface area (Å²) in [6.07, 6.45) is 0. The molecule has 0 fully saturated rings. The van der Waals surface area contributed by atoms with E-state index in [9.17, 15) is 9.18 Å². The number of carbonyl (C=O) groups excluding carboxylic acids is 1. The van der Waals surface area contributed by atoms with Gasteiger partial charge in [-0.15, -0.1) is 0 Å². The molecule has 5 heteroatoms. The molecule has 0 aromatic heterocycles. The molecule has 4 nitrogen and oxygen atoms in total. The zero-order valence-electron chi connectivity index (χ0n) is 7.16. The Balaban J connectivity index is 2.77. The Bertz CT molecular complexity index is 398. The summed E-state index contributed by atoms with van der Waals surface area (Å²) >= 11 is 0. The summed E-state index contributed by atoms with van der Waals surface area (Å²) in [4.78, 5) is 10.3. The van der Waals surface area contributed by atoms with Crippen molar-refractivity contribution < 1.29 is 13.9 Å². The van der Waals surface area contributed by atoms with E-state index in [2.05, 4.69) is 0 Å². The van der Waals surface area contributed by atoms with E-state index in [-0.39, 0.29) is 17.9 Å². The van der Waals surface area contributed by atoms with Crippen molar-refractivity contribution in [1.82, 2.24) is 0 Å². The molecule has 0 saturated carbocycles. The molecule has 1 rings (SSSR count). The maximum atomic E-state index is 13.0. The van der Waals surface area contributed by atoms with E-state index < -0.39 is 11.7 Å². The minimum Gasteiger partial charge on any atom is -0.484 e. The van der Waals surface area contributed by atoms with Crippen LogP contribution < -0.4 is 10.5 Å². The van der Waals surface area contributed by atoms with Crippen molar-refractivity contribution in [2.45, 2.75) is 0 Å². The third kappa shape index (κ3) is 2.45. The zero-order valence-corrected chi connectivity index (χ0v) is 7.16. The fourth-order valence-corrected chi connectivity index (χ4v) is 0.831. The van der Waals surface area contributed by atoms with Gasteiger partial charge in [-0.25, -0.2) is 4.39 Å². The largest absolute Gasteiger partial charge is 0.484 e. The number of ether oxygens (including phenoxy) is 1. The molecule has 0 aliphatic rings. The van der Waals surface area contributed by atoms with E-state index in [1.807, 2.05) is 0 Å². The van der Waals surface area contributed by atoms with Crippen LogP contribution in [0.3, 0.4) is 0 Å². The lowest BCUT2D eigenvalue weighted by molar-refractivity contribution is -0.119. The van der Waals surface area contributed by atoms with Gasteiger partial charge < -0.3 is 10.5 Å². The lowest BCUT2D eigenvalue weighted by Crippen LogP contribution is -2.20. The third-order valence-electron chi connectivity index (χ3n) is 1.44. The number of hydrogen-bond donors (Lipinski definition) is 1. The van der Waals surface area contributed by atoms with Gasteiger partial charge in [0.25, 0.3) is 5.91 Å². The van der Waals surface area contributed by atoms with Crippen LogP contribution in [0.5, 0.6) is 5.75 Å². The fourth-order valence-electron chi connectivity index (χ4n) is 0.831. The second-order valence-corrected chi connectivity index (χ2v) is 2.51. The Morgan fingerprint density at radius 2 is 2.36 bits per heavy atom. The lowest BCUT2D eigenvalue weighted by Gasteiger charge is -2.03. The predicted molar refractivity (Wildman–Crippen MR) is 45.8 cm³/mol. The van der Waals surface area contributed by atoms with Crippen molar-refractivity contribution in [3.8, 4) is 11.8 Å². The molecule has 1 aromatic rings. The van der Waals surface area contributed by atoms with E-state index in [1.165, 1.54) is 12.1 Å². The average molecular weight is 194 g/mol. The summed E-state index contributed by atoms with van der Waals surface area (Å²) in [6, 6.07) is 5.36. The van der Waals surface area contributed by atoms with Crippen molar-refractivity contribution >= 4 is 5.91 Å². The Kier molecular flexibility index (Phi) is 3.02. The monoisotopic (exact) mass is 194 g/mol. The Morgan fingerprint density at radius 1 is 1.64 bits per heavy atom. The van der Waals surface area contributed by atoms with Gasteiger partial charge >= 0.3 is 0 Å². The summed E-state index contributed by atoms with van der Waals surface area (Å²) < 4.78 is 17.8. The Morgan fingerprint density at radius 3 is 2.86 bits per heavy atom.